The smallest absolute Gasteiger partial charge is 0.273 e. The highest BCUT2D eigenvalue weighted by molar-refractivity contribution is 6.00. The van der Waals surface area contributed by atoms with Crippen LogP contribution in [0.5, 0.6) is 17.2 Å². The number of aromatic amines is 1. The van der Waals surface area contributed by atoms with Crippen molar-refractivity contribution in [1.82, 2.24) is 20.1 Å². The van der Waals surface area contributed by atoms with Gasteiger partial charge in [-0.1, -0.05) is 32.0 Å². The molecule has 208 valence electrons. The lowest BCUT2D eigenvalue weighted by Gasteiger charge is -2.27. The minimum absolute atomic E-state index is 0.132. The lowest BCUT2D eigenvalue weighted by molar-refractivity contribution is 0.0729. The Bertz CT molecular complexity index is 1490. The van der Waals surface area contributed by atoms with Crippen molar-refractivity contribution in [3.63, 3.8) is 0 Å². The Balaban J connectivity index is 1.63. The Hall–Kier alpha value is -4.33. The van der Waals surface area contributed by atoms with Crippen LogP contribution >= 0.6 is 0 Å². The van der Waals surface area contributed by atoms with E-state index in [0.717, 1.165) is 34.2 Å². The largest absolute Gasteiger partial charge is 0.507 e. The highest BCUT2D eigenvalue weighted by Gasteiger charge is 2.43. The lowest BCUT2D eigenvalue weighted by Crippen LogP contribution is -2.29. The first kappa shape index (κ1) is 27.2. The number of ether oxygens (including phenoxy) is 2. The van der Waals surface area contributed by atoms with Crippen LogP contribution in [0.2, 0.25) is 0 Å². The van der Waals surface area contributed by atoms with Gasteiger partial charge in [0.05, 0.1) is 19.3 Å². The van der Waals surface area contributed by atoms with Crippen molar-refractivity contribution in [2.75, 3.05) is 13.2 Å². The maximum atomic E-state index is 13.9. The summed E-state index contributed by atoms with van der Waals surface area (Å²) in [6, 6.07) is 12.9. The minimum atomic E-state index is -0.472. The van der Waals surface area contributed by atoms with E-state index in [-0.39, 0.29) is 11.7 Å². The molecule has 0 spiro atoms. The first-order valence-corrected chi connectivity index (χ1v) is 13.8. The number of aryl methyl sites for hydroxylation is 2. The Morgan fingerprint density at radius 1 is 1.10 bits per heavy atom. The molecule has 0 fully saturated rings. The SMILES string of the molecule is CCOc1cc(C2c3c(-c4c(C)cc(C)cc4O)n[nH]c3C(=O)N2Cc2cccnc2)ccc1OCCC(C)C. The molecule has 0 bridgehead atoms. The molecule has 2 aromatic carbocycles. The molecule has 8 nitrogen and oxygen atoms in total. The van der Waals surface area contributed by atoms with Crippen molar-refractivity contribution >= 4 is 5.91 Å². The zero-order chi connectivity index (χ0) is 28.4. The van der Waals surface area contributed by atoms with Gasteiger partial charge in [0.15, 0.2) is 11.5 Å². The van der Waals surface area contributed by atoms with Gasteiger partial charge in [-0.2, -0.15) is 5.10 Å². The van der Waals surface area contributed by atoms with Gasteiger partial charge in [-0.05, 0) is 79.6 Å². The number of H-pyrrole nitrogens is 1. The number of pyridine rings is 1. The summed E-state index contributed by atoms with van der Waals surface area (Å²) in [6.07, 6.45) is 4.42. The van der Waals surface area contributed by atoms with Gasteiger partial charge in [0.2, 0.25) is 0 Å². The van der Waals surface area contributed by atoms with Crippen LogP contribution in [-0.4, -0.2) is 44.3 Å². The number of hydrogen-bond acceptors (Lipinski definition) is 6. The maximum Gasteiger partial charge on any atom is 0.273 e. The summed E-state index contributed by atoms with van der Waals surface area (Å²) in [7, 11) is 0. The van der Waals surface area contributed by atoms with Crippen LogP contribution < -0.4 is 9.47 Å². The number of fused-ring (bicyclic) bond motifs is 1. The minimum Gasteiger partial charge on any atom is -0.507 e. The number of aromatic hydroxyl groups is 1. The van der Waals surface area contributed by atoms with E-state index in [1.165, 1.54) is 0 Å². The van der Waals surface area contributed by atoms with Crippen LogP contribution in [0.25, 0.3) is 11.3 Å². The first-order chi connectivity index (χ1) is 19.3. The standard InChI is InChI=1S/C32H36N4O4/c1-6-39-26-16-23(9-10-25(26)40-13-11-19(2)3)31-28-29(27-21(5)14-20(4)15-24(27)37)34-35-30(28)32(38)36(31)18-22-8-7-12-33-17-22/h7-10,12,14-17,19,31,37H,6,11,13,18H2,1-5H3,(H,34,35). The van der Waals surface area contributed by atoms with Gasteiger partial charge in [-0.3, -0.25) is 14.9 Å². The van der Waals surface area contributed by atoms with E-state index in [2.05, 4.69) is 29.0 Å². The molecule has 1 atom stereocenters. The summed E-state index contributed by atoms with van der Waals surface area (Å²) in [6.45, 7) is 11.6. The zero-order valence-electron chi connectivity index (χ0n) is 23.7. The molecule has 4 aromatic rings. The third kappa shape index (κ3) is 5.26. The van der Waals surface area contributed by atoms with Gasteiger partial charge < -0.3 is 19.5 Å². The number of amides is 1. The number of aromatic nitrogens is 3. The number of nitrogens with zero attached hydrogens (tertiary/aromatic N) is 3. The summed E-state index contributed by atoms with van der Waals surface area (Å²) in [5.74, 6) is 1.80. The van der Waals surface area contributed by atoms with Gasteiger partial charge in [-0.15, -0.1) is 0 Å². The number of hydrogen-bond donors (Lipinski definition) is 2. The van der Waals surface area contributed by atoms with Crippen LogP contribution in [-0.2, 0) is 6.54 Å². The molecule has 0 saturated heterocycles. The molecule has 3 heterocycles. The van der Waals surface area contributed by atoms with E-state index in [1.54, 1.807) is 18.5 Å². The summed E-state index contributed by atoms with van der Waals surface area (Å²) >= 11 is 0. The van der Waals surface area contributed by atoms with Gasteiger partial charge >= 0.3 is 0 Å². The average molecular weight is 541 g/mol. The third-order valence-electron chi connectivity index (χ3n) is 7.17. The highest BCUT2D eigenvalue weighted by Crippen LogP contribution is 2.47. The maximum absolute atomic E-state index is 13.9. The van der Waals surface area contributed by atoms with Gasteiger partial charge in [-0.25, -0.2) is 0 Å². The van der Waals surface area contributed by atoms with Crippen molar-refractivity contribution in [2.45, 2.75) is 53.6 Å². The monoisotopic (exact) mass is 540 g/mol. The normalized spacial score (nSPS) is 14.6. The highest BCUT2D eigenvalue weighted by atomic mass is 16.5. The number of benzene rings is 2. The molecule has 1 aliphatic rings. The molecule has 5 rings (SSSR count). The number of carbonyl (C=O) groups excluding carboxylic acids is 1. The molecule has 0 saturated carbocycles. The Labute approximate surface area is 235 Å². The molecule has 1 amide bonds. The molecular formula is C32H36N4O4. The summed E-state index contributed by atoms with van der Waals surface area (Å²) < 4.78 is 12.1. The summed E-state index contributed by atoms with van der Waals surface area (Å²) in [5, 5.41) is 18.5. The predicted octanol–water partition coefficient (Wildman–Crippen LogP) is 6.36. The lowest BCUT2D eigenvalue weighted by atomic mass is 9.93. The fraction of sp³-hybridized carbons (Fsp3) is 0.344. The molecule has 0 aliphatic carbocycles. The molecule has 2 aromatic heterocycles. The van der Waals surface area contributed by atoms with Crippen molar-refractivity contribution < 1.29 is 19.4 Å². The molecular weight excluding hydrogens is 504 g/mol. The van der Waals surface area contributed by atoms with Crippen molar-refractivity contribution in [2.24, 2.45) is 5.92 Å². The topological polar surface area (TPSA) is 101 Å². The van der Waals surface area contributed by atoms with E-state index < -0.39 is 6.04 Å². The number of rotatable bonds is 10. The average Bonchev–Trinajstić information content (AvgIpc) is 3.44. The summed E-state index contributed by atoms with van der Waals surface area (Å²) in [4.78, 5) is 19.9. The Kier molecular flexibility index (Phi) is 7.78. The third-order valence-corrected chi connectivity index (χ3v) is 7.17. The molecule has 8 heteroatoms. The van der Waals surface area contributed by atoms with E-state index in [0.29, 0.717) is 54.1 Å². The van der Waals surface area contributed by atoms with Gasteiger partial charge in [0, 0.05) is 30.1 Å². The second-order valence-corrected chi connectivity index (χ2v) is 10.7. The summed E-state index contributed by atoms with van der Waals surface area (Å²) in [5.41, 5.74) is 5.93. The Morgan fingerprint density at radius 3 is 2.62 bits per heavy atom. The number of phenols is 1. The van der Waals surface area contributed by atoms with Crippen LogP contribution in [0.4, 0.5) is 0 Å². The zero-order valence-corrected chi connectivity index (χ0v) is 23.7. The van der Waals surface area contributed by atoms with E-state index in [4.69, 9.17) is 9.47 Å². The van der Waals surface area contributed by atoms with Crippen LogP contribution in [0, 0.1) is 19.8 Å². The van der Waals surface area contributed by atoms with Crippen molar-refractivity contribution in [3.8, 4) is 28.5 Å². The van der Waals surface area contributed by atoms with Crippen LogP contribution in [0.3, 0.4) is 0 Å². The molecule has 2 N–H and O–H groups in total. The number of carbonyl (C=O) groups is 1. The Morgan fingerprint density at radius 2 is 1.93 bits per heavy atom. The van der Waals surface area contributed by atoms with Crippen molar-refractivity contribution in [3.05, 3.63) is 88.4 Å². The van der Waals surface area contributed by atoms with Crippen molar-refractivity contribution in [1.29, 1.82) is 0 Å². The fourth-order valence-corrected chi connectivity index (χ4v) is 5.33. The predicted molar refractivity (Wildman–Crippen MR) is 154 cm³/mol. The van der Waals surface area contributed by atoms with E-state index in [1.807, 2.05) is 62.1 Å². The second-order valence-electron chi connectivity index (χ2n) is 10.7. The fourth-order valence-electron chi connectivity index (χ4n) is 5.33. The molecule has 1 aliphatic heterocycles. The van der Waals surface area contributed by atoms with Crippen LogP contribution in [0.1, 0.15) is 71.5 Å². The first-order valence-electron chi connectivity index (χ1n) is 13.8. The van der Waals surface area contributed by atoms with Gasteiger partial charge in [0.1, 0.15) is 17.1 Å². The molecule has 1 unspecified atom stereocenters. The van der Waals surface area contributed by atoms with E-state index in [9.17, 15) is 9.90 Å². The number of nitrogens with one attached hydrogen (secondary N) is 1. The molecule has 40 heavy (non-hydrogen) atoms. The second kappa shape index (κ2) is 11.4. The molecule has 0 radical (unpaired) electrons. The van der Waals surface area contributed by atoms with Crippen LogP contribution in [0.15, 0.2) is 54.9 Å². The quantitative estimate of drug-likeness (QED) is 0.243. The van der Waals surface area contributed by atoms with E-state index >= 15 is 0 Å². The number of phenolic OH excluding ortho intramolecular Hbond substituents is 1. The van der Waals surface area contributed by atoms with Gasteiger partial charge in [0.25, 0.3) is 5.91 Å².